The first kappa shape index (κ1) is 18.0. The summed E-state index contributed by atoms with van der Waals surface area (Å²) in [7, 11) is -1.99. The first-order valence-electron chi connectivity index (χ1n) is 7.93. The number of rotatable bonds is 6. The number of nitrogens with zero attached hydrogens (tertiary/aromatic N) is 2. The first-order valence-corrected chi connectivity index (χ1v) is 9.47. The second-order valence-electron chi connectivity index (χ2n) is 5.76. The Balaban J connectivity index is 1.91. The quantitative estimate of drug-likeness (QED) is 0.723. The second kappa shape index (κ2) is 7.63. The fraction of sp³-hybridized carbons (Fsp3) is 0.105. The van der Waals surface area contributed by atoms with Crippen LogP contribution in [0.4, 0.5) is 4.39 Å². The number of halogens is 1. The zero-order valence-corrected chi connectivity index (χ0v) is 14.9. The summed E-state index contributed by atoms with van der Waals surface area (Å²) in [4.78, 5) is 4.24. The molecule has 1 aromatic heterocycles. The van der Waals surface area contributed by atoms with Crippen LogP contribution in [0.15, 0.2) is 72.4 Å². The predicted molar refractivity (Wildman–Crippen MR) is 99.0 cm³/mol. The van der Waals surface area contributed by atoms with E-state index in [9.17, 15) is 12.8 Å². The Morgan fingerprint density at radius 1 is 1.12 bits per heavy atom. The average molecular weight is 371 g/mol. The van der Waals surface area contributed by atoms with Gasteiger partial charge in [0.15, 0.2) is 0 Å². The second-order valence-corrected chi connectivity index (χ2v) is 7.36. The molecule has 0 aliphatic heterocycles. The molecule has 0 saturated heterocycles. The summed E-state index contributed by atoms with van der Waals surface area (Å²) in [6.07, 6.45) is 4.82. The zero-order chi connectivity index (χ0) is 18.6. The zero-order valence-electron chi connectivity index (χ0n) is 14.1. The van der Waals surface area contributed by atoms with Crippen LogP contribution in [-0.4, -0.2) is 18.0 Å². The van der Waals surface area contributed by atoms with Crippen LogP contribution >= 0.6 is 0 Å². The SMILES string of the molecule is Cn1ccnc1C(NS(=O)(=O)/C=C/c1ccccc1)c1ccc(F)cc1. The lowest BCUT2D eigenvalue weighted by atomic mass is 10.1. The topological polar surface area (TPSA) is 64.0 Å². The molecule has 1 unspecified atom stereocenters. The molecule has 0 aliphatic carbocycles. The summed E-state index contributed by atoms with van der Waals surface area (Å²) in [5.41, 5.74) is 1.37. The van der Waals surface area contributed by atoms with E-state index >= 15 is 0 Å². The van der Waals surface area contributed by atoms with Gasteiger partial charge in [0.05, 0.1) is 0 Å². The van der Waals surface area contributed by atoms with Gasteiger partial charge in [0, 0.05) is 24.8 Å². The van der Waals surface area contributed by atoms with Crippen LogP contribution in [0.25, 0.3) is 6.08 Å². The molecular formula is C19H18FN3O2S. The molecule has 0 fully saturated rings. The Morgan fingerprint density at radius 2 is 1.81 bits per heavy atom. The van der Waals surface area contributed by atoms with Gasteiger partial charge in [-0.25, -0.2) is 17.8 Å². The van der Waals surface area contributed by atoms with Crippen LogP contribution in [0.3, 0.4) is 0 Å². The molecule has 1 N–H and O–H groups in total. The average Bonchev–Trinajstić information content (AvgIpc) is 3.06. The molecule has 2 aromatic carbocycles. The highest BCUT2D eigenvalue weighted by atomic mass is 32.2. The molecule has 0 radical (unpaired) electrons. The van der Waals surface area contributed by atoms with E-state index in [1.54, 1.807) is 24.0 Å². The van der Waals surface area contributed by atoms with Crippen molar-refractivity contribution in [3.05, 3.63) is 95.2 Å². The molecule has 0 amide bonds. The maximum atomic E-state index is 13.2. The van der Waals surface area contributed by atoms with Gasteiger partial charge in [-0.3, -0.25) is 0 Å². The largest absolute Gasteiger partial charge is 0.336 e. The molecule has 3 rings (SSSR count). The molecule has 5 nitrogen and oxygen atoms in total. The number of benzene rings is 2. The van der Waals surface area contributed by atoms with Crippen molar-refractivity contribution >= 4 is 16.1 Å². The molecular weight excluding hydrogens is 353 g/mol. The van der Waals surface area contributed by atoms with Gasteiger partial charge in [-0.1, -0.05) is 42.5 Å². The van der Waals surface area contributed by atoms with Gasteiger partial charge in [0.25, 0.3) is 0 Å². The molecule has 1 heterocycles. The van der Waals surface area contributed by atoms with Crippen molar-refractivity contribution < 1.29 is 12.8 Å². The van der Waals surface area contributed by atoms with Crippen LogP contribution in [0.5, 0.6) is 0 Å². The van der Waals surface area contributed by atoms with Gasteiger partial charge in [0.2, 0.25) is 10.0 Å². The maximum absolute atomic E-state index is 13.2. The highest BCUT2D eigenvalue weighted by Gasteiger charge is 2.23. The van der Waals surface area contributed by atoms with E-state index < -0.39 is 16.1 Å². The highest BCUT2D eigenvalue weighted by Crippen LogP contribution is 2.22. The fourth-order valence-corrected chi connectivity index (χ4v) is 3.50. The number of hydrogen-bond acceptors (Lipinski definition) is 3. The van der Waals surface area contributed by atoms with E-state index in [0.29, 0.717) is 11.4 Å². The third-order valence-electron chi connectivity index (χ3n) is 3.84. The smallest absolute Gasteiger partial charge is 0.234 e. The Morgan fingerprint density at radius 3 is 2.42 bits per heavy atom. The van der Waals surface area contributed by atoms with Crippen LogP contribution in [0.1, 0.15) is 23.0 Å². The fourth-order valence-electron chi connectivity index (χ4n) is 2.52. The van der Waals surface area contributed by atoms with Gasteiger partial charge < -0.3 is 4.57 Å². The molecule has 3 aromatic rings. The van der Waals surface area contributed by atoms with Gasteiger partial charge in [0.1, 0.15) is 17.7 Å². The minimum atomic E-state index is -3.76. The highest BCUT2D eigenvalue weighted by molar-refractivity contribution is 7.92. The monoisotopic (exact) mass is 371 g/mol. The van der Waals surface area contributed by atoms with Gasteiger partial charge in [-0.2, -0.15) is 4.72 Å². The Bertz CT molecular complexity index is 997. The van der Waals surface area contributed by atoms with Crippen LogP contribution < -0.4 is 4.72 Å². The van der Waals surface area contributed by atoms with Gasteiger partial charge in [-0.05, 0) is 29.3 Å². The number of aryl methyl sites for hydroxylation is 1. The van der Waals surface area contributed by atoms with E-state index in [1.807, 2.05) is 30.3 Å². The molecule has 0 aliphatic rings. The van der Waals surface area contributed by atoms with Gasteiger partial charge in [-0.15, -0.1) is 0 Å². The predicted octanol–water partition coefficient (Wildman–Crippen LogP) is 3.24. The minimum Gasteiger partial charge on any atom is -0.336 e. The summed E-state index contributed by atoms with van der Waals surface area (Å²) >= 11 is 0. The van der Waals surface area contributed by atoms with Crippen molar-refractivity contribution in [2.45, 2.75) is 6.04 Å². The molecule has 134 valence electrons. The summed E-state index contributed by atoms with van der Waals surface area (Å²) in [5.74, 6) is 0.118. The molecule has 26 heavy (non-hydrogen) atoms. The van der Waals surface area contributed by atoms with Crippen molar-refractivity contribution in [1.29, 1.82) is 0 Å². The third-order valence-corrected chi connectivity index (χ3v) is 4.90. The van der Waals surface area contributed by atoms with Crippen LogP contribution in [-0.2, 0) is 17.1 Å². The molecule has 7 heteroatoms. The van der Waals surface area contributed by atoms with E-state index in [0.717, 1.165) is 11.0 Å². The van der Waals surface area contributed by atoms with Crippen molar-refractivity contribution in [2.75, 3.05) is 0 Å². The summed E-state index contributed by atoms with van der Waals surface area (Å²) < 4.78 is 42.7. The van der Waals surface area contributed by atoms with E-state index in [-0.39, 0.29) is 5.82 Å². The number of imidazole rings is 1. The van der Waals surface area contributed by atoms with Crippen LogP contribution in [0.2, 0.25) is 0 Å². The Kier molecular flexibility index (Phi) is 5.29. The summed E-state index contributed by atoms with van der Waals surface area (Å²) in [6.45, 7) is 0. The van der Waals surface area contributed by atoms with Crippen molar-refractivity contribution in [2.24, 2.45) is 7.05 Å². The lowest BCUT2D eigenvalue weighted by Gasteiger charge is -2.18. The van der Waals surface area contributed by atoms with Crippen molar-refractivity contribution in [1.82, 2.24) is 14.3 Å². The van der Waals surface area contributed by atoms with E-state index in [4.69, 9.17) is 0 Å². The molecule has 0 spiro atoms. The molecule has 0 bridgehead atoms. The van der Waals surface area contributed by atoms with E-state index in [2.05, 4.69) is 9.71 Å². The maximum Gasteiger partial charge on any atom is 0.234 e. The van der Waals surface area contributed by atoms with E-state index in [1.165, 1.54) is 30.3 Å². The molecule has 1 atom stereocenters. The number of hydrogen-bond donors (Lipinski definition) is 1. The lowest BCUT2D eigenvalue weighted by Crippen LogP contribution is -2.29. The molecule has 0 saturated carbocycles. The number of aromatic nitrogens is 2. The van der Waals surface area contributed by atoms with Gasteiger partial charge >= 0.3 is 0 Å². The third kappa shape index (κ3) is 4.44. The van der Waals surface area contributed by atoms with Crippen LogP contribution in [0, 0.1) is 5.82 Å². The number of sulfonamides is 1. The normalized spacial score (nSPS) is 13.2. The van der Waals surface area contributed by atoms with Crippen molar-refractivity contribution in [3.63, 3.8) is 0 Å². The standard InChI is InChI=1S/C19H18FN3O2S/c1-23-13-12-21-19(23)18(16-7-9-17(20)10-8-16)22-26(24,25)14-11-15-5-3-2-4-6-15/h2-14,18,22H,1H3/b14-11+. The minimum absolute atomic E-state index is 0.390. The first-order chi connectivity index (χ1) is 12.4. The lowest BCUT2D eigenvalue weighted by molar-refractivity contribution is 0.571. The van der Waals surface area contributed by atoms with Crippen molar-refractivity contribution in [3.8, 4) is 0 Å². The summed E-state index contributed by atoms with van der Waals surface area (Å²) in [5, 5.41) is 1.11. The Hall–Kier alpha value is -2.77. The summed E-state index contributed by atoms with van der Waals surface area (Å²) in [6, 6.07) is 14.1. The number of nitrogens with one attached hydrogen (secondary N) is 1. The Labute approximate surface area is 151 Å².